The predicted molar refractivity (Wildman–Crippen MR) is 85.5 cm³/mol. The van der Waals surface area contributed by atoms with Crippen LogP contribution in [0.3, 0.4) is 0 Å². The molecule has 0 atom stereocenters. The van der Waals surface area contributed by atoms with Crippen LogP contribution in [0.1, 0.15) is 25.7 Å². The Hall–Kier alpha value is -1.75. The van der Waals surface area contributed by atoms with Gasteiger partial charge in [0.05, 0.1) is 26.7 Å². The lowest BCUT2D eigenvalue weighted by atomic mass is 10.2. The van der Waals surface area contributed by atoms with Crippen LogP contribution in [0.25, 0.3) is 0 Å². The van der Waals surface area contributed by atoms with Crippen LogP contribution in [0.15, 0.2) is 24.3 Å². The predicted octanol–water partition coefficient (Wildman–Crippen LogP) is 0.649. The zero-order valence-electron chi connectivity index (χ0n) is 13.4. The van der Waals surface area contributed by atoms with E-state index in [0.29, 0.717) is 31.2 Å². The summed E-state index contributed by atoms with van der Waals surface area (Å²) in [5.41, 5.74) is 0. The van der Waals surface area contributed by atoms with Gasteiger partial charge in [0.2, 0.25) is 0 Å². The Kier molecular flexibility index (Phi) is 7.03. The quantitative estimate of drug-likeness (QED) is 0.727. The maximum absolute atomic E-state index is 11.9. The lowest BCUT2D eigenvalue weighted by Gasteiger charge is -2.16. The molecule has 1 amide bonds. The van der Waals surface area contributed by atoms with E-state index in [9.17, 15) is 4.79 Å². The molecular formula is C17H27N2O3+. The first-order chi connectivity index (χ1) is 10.8. The van der Waals surface area contributed by atoms with Gasteiger partial charge < -0.3 is 19.7 Å². The van der Waals surface area contributed by atoms with Gasteiger partial charge in [-0.2, -0.15) is 0 Å². The molecule has 1 heterocycles. The highest BCUT2D eigenvalue weighted by Crippen LogP contribution is 2.25. The summed E-state index contributed by atoms with van der Waals surface area (Å²) < 4.78 is 10.9. The van der Waals surface area contributed by atoms with E-state index >= 15 is 0 Å². The Morgan fingerprint density at radius 3 is 2.50 bits per heavy atom. The summed E-state index contributed by atoms with van der Waals surface area (Å²) in [6.07, 6.45) is 5.08. The second kappa shape index (κ2) is 9.30. The van der Waals surface area contributed by atoms with Crippen LogP contribution in [0.4, 0.5) is 0 Å². The zero-order valence-corrected chi connectivity index (χ0v) is 13.4. The molecule has 0 aliphatic carbocycles. The molecule has 2 rings (SSSR count). The minimum Gasteiger partial charge on any atom is -0.493 e. The van der Waals surface area contributed by atoms with E-state index in [2.05, 4.69) is 5.32 Å². The maximum Gasteiger partial charge on any atom is 0.275 e. The van der Waals surface area contributed by atoms with Crippen molar-refractivity contribution in [3.63, 3.8) is 0 Å². The second-order valence-electron chi connectivity index (χ2n) is 5.69. The minimum atomic E-state index is 0.112. The number of nitrogens with one attached hydrogen (secondary N) is 2. The van der Waals surface area contributed by atoms with Crippen LogP contribution in [0.5, 0.6) is 11.5 Å². The lowest BCUT2D eigenvalue weighted by Crippen LogP contribution is -3.13. The highest BCUT2D eigenvalue weighted by Gasteiger charge is 2.15. The van der Waals surface area contributed by atoms with E-state index in [4.69, 9.17) is 9.47 Å². The molecule has 122 valence electrons. The van der Waals surface area contributed by atoms with Gasteiger partial charge in [-0.3, -0.25) is 4.79 Å². The highest BCUT2D eigenvalue weighted by molar-refractivity contribution is 5.76. The number of methoxy groups -OCH3 is 1. The molecule has 1 fully saturated rings. The molecule has 1 aromatic rings. The molecular weight excluding hydrogens is 280 g/mol. The number of ether oxygens (including phenoxy) is 2. The normalized spacial score (nSPS) is 15.9. The van der Waals surface area contributed by atoms with E-state index in [1.807, 2.05) is 24.3 Å². The smallest absolute Gasteiger partial charge is 0.275 e. The van der Waals surface area contributed by atoms with E-state index in [-0.39, 0.29) is 5.91 Å². The van der Waals surface area contributed by atoms with Crippen molar-refractivity contribution in [2.75, 3.05) is 39.9 Å². The van der Waals surface area contributed by atoms with Crippen molar-refractivity contribution in [1.29, 1.82) is 0 Å². The standard InChI is InChI=1S/C17H26N2O3/c1-21-15-8-4-5-9-16(15)22-13-10-18-17(20)14-19-11-6-2-3-7-12-19/h4-5,8-9H,2-3,6-7,10-14H2,1H3,(H,18,20)/p+1. The van der Waals surface area contributed by atoms with Crippen LogP contribution in [-0.2, 0) is 4.79 Å². The molecule has 0 radical (unpaired) electrons. The Labute approximate surface area is 132 Å². The molecule has 0 aromatic heterocycles. The fourth-order valence-corrected chi connectivity index (χ4v) is 2.78. The first kappa shape index (κ1) is 16.6. The summed E-state index contributed by atoms with van der Waals surface area (Å²) in [6.45, 7) is 3.77. The summed E-state index contributed by atoms with van der Waals surface area (Å²) >= 11 is 0. The summed E-state index contributed by atoms with van der Waals surface area (Å²) in [5.74, 6) is 1.53. The average Bonchev–Trinajstić information content (AvgIpc) is 2.80. The number of para-hydroxylation sites is 2. The number of benzene rings is 1. The Balaban J connectivity index is 1.64. The number of likely N-dealkylation sites (tertiary alicyclic amines) is 1. The molecule has 0 bridgehead atoms. The summed E-state index contributed by atoms with van der Waals surface area (Å²) in [7, 11) is 1.62. The largest absolute Gasteiger partial charge is 0.493 e. The van der Waals surface area contributed by atoms with E-state index < -0.39 is 0 Å². The number of amides is 1. The summed E-state index contributed by atoms with van der Waals surface area (Å²) in [6, 6.07) is 7.52. The summed E-state index contributed by atoms with van der Waals surface area (Å²) in [4.78, 5) is 13.3. The molecule has 1 aromatic carbocycles. The number of quaternary nitrogens is 1. The van der Waals surface area contributed by atoms with Gasteiger partial charge in [-0.1, -0.05) is 12.1 Å². The fourth-order valence-electron chi connectivity index (χ4n) is 2.78. The maximum atomic E-state index is 11.9. The molecule has 0 unspecified atom stereocenters. The number of rotatable bonds is 7. The van der Waals surface area contributed by atoms with Crippen molar-refractivity contribution in [2.45, 2.75) is 25.7 Å². The Bertz CT molecular complexity index is 457. The molecule has 22 heavy (non-hydrogen) atoms. The first-order valence-corrected chi connectivity index (χ1v) is 8.15. The van der Waals surface area contributed by atoms with Crippen molar-refractivity contribution in [2.24, 2.45) is 0 Å². The van der Waals surface area contributed by atoms with Crippen LogP contribution in [-0.4, -0.2) is 45.8 Å². The number of carbonyl (C=O) groups is 1. The van der Waals surface area contributed by atoms with Crippen molar-refractivity contribution in [3.05, 3.63) is 24.3 Å². The Morgan fingerprint density at radius 2 is 1.82 bits per heavy atom. The van der Waals surface area contributed by atoms with Gasteiger partial charge >= 0.3 is 0 Å². The van der Waals surface area contributed by atoms with Gasteiger partial charge in [0.15, 0.2) is 18.0 Å². The number of hydrogen-bond donors (Lipinski definition) is 2. The van der Waals surface area contributed by atoms with Crippen molar-refractivity contribution < 1.29 is 19.2 Å². The first-order valence-electron chi connectivity index (χ1n) is 8.15. The van der Waals surface area contributed by atoms with Crippen LogP contribution in [0.2, 0.25) is 0 Å². The van der Waals surface area contributed by atoms with E-state index in [0.717, 1.165) is 13.1 Å². The second-order valence-corrected chi connectivity index (χ2v) is 5.69. The third-order valence-electron chi connectivity index (χ3n) is 3.97. The van der Waals surface area contributed by atoms with Crippen LogP contribution in [0, 0.1) is 0 Å². The van der Waals surface area contributed by atoms with Gasteiger partial charge in [-0.15, -0.1) is 0 Å². The monoisotopic (exact) mass is 307 g/mol. The van der Waals surface area contributed by atoms with Gasteiger partial charge in [-0.25, -0.2) is 0 Å². The molecule has 0 spiro atoms. The number of carbonyl (C=O) groups excluding carboxylic acids is 1. The Morgan fingerprint density at radius 1 is 1.14 bits per heavy atom. The third kappa shape index (κ3) is 5.56. The van der Waals surface area contributed by atoms with Crippen molar-refractivity contribution >= 4 is 5.91 Å². The van der Waals surface area contributed by atoms with E-state index in [1.54, 1.807) is 7.11 Å². The van der Waals surface area contributed by atoms with Crippen molar-refractivity contribution in [1.82, 2.24) is 5.32 Å². The number of hydrogen-bond acceptors (Lipinski definition) is 3. The molecule has 1 aliphatic heterocycles. The molecule has 2 N–H and O–H groups in total. The van der Waals surface area contributed by atoms with Gasteiger partial charge in [0.25, 0.3) is 5.91 Å². The molecule has 0 saturated carbocycles. The molecule has 5 nitrogen and oxygen atoms in total. The fraction of sp³-hybridized carbons (Fsp3) is 0.588. The third-order valence-corrected chi connectivity index (χ3v) is 3.97. The zero-order chi connectivity index (χ0) is 15.6. The molecule has 1 aliphatic rings. The lowest BCUT2D eigenvalue weighted by molar-refractivity contribution is -0.891. The van der Waals surface area contributed by atoms with E-state index in [1.165, 1.54) is 30.6 Å². The minimum absolute atomic E-state index is 0.112. The average molecular weight is 307 g/mol. The topological polar surface area (TPSA) is 52.0 Å². The van der Waals surface area contributed by atoms with Crippen LogP contribution >= 0.6 is 0 Å². The summed E-state index contributed by atoms with van der Waals surface area (Å²) in [5, 5.41) is 2.93. The van der Waals surface area contributed by atoms with Crippen molar-refractivity contribution in [3.8, 4) is 11.5 Å². The van der Waals surface area contributed by atoms with Gasteiger partial charge in [-0.05, 0) is 37.8 Å². The SMILES string of the molecule is COc1ccccc1OCCNC(=O)C[NH+]1CCCCCC1. The highest BCUT2D eigenvalue weighted by atomic mass is 16.5. The molecule has 5 heteroatoms. The van der Waals surface area contributed by atoms with Gasteiger partial charge in [0.1, 0.15) is 6.61 Å². The molecule has 1 saturated heterocycles. The van der Waals surface area contributed by atoms with Crippen LogP contribution < -0.4 is 19.7 Å². The van der Waals surface area contributed by atoms with Gasteiger partial charge in [0, 0.05) is 0 Å².